The molecule has 1 amide bonds. The lowest BCUT2D eigenvalue weighted by molar-refractivity contribution is -0.118. The van der Waals surface area contributed by atoms with Gasteiger partial charge in [-0.25, -0.2) is 0 Å². The second-order valence-corrected chi connectivity index (χ2v) is 9.74. The van der Waals surface area contributed by atoms with Crippen molar-refractivity contribution in [2.75, 3.05) is 11.1 Å². The summed E-state index contributed by atoms with van der Waals surface area (Å²) in [6.45, 7) is 0. The largest absolute Gasteiger partial charge is 0.324 e. The number of nitrogens with zero attached hydrogens (tertiary/aromatic N) is 1. The Morgan fingerprint density at radius 1 is 1.06 bits per heavy atom. The predicted molar refractivity (Wildman–Crippen MR) is 127 cm³/mol. The smallest absolute Gasteiger partial charge is 0.252 e. The van der Waals surface area contributed by atoms with E-state index in [9.17, 15) is 9.59 Å². The molecule has 1 saturated carbocycles. The van der Waals surface area contributed by atoms with Gasteiger partial charge >= 0.3 is 0 Å². The number of aromatic nitrogens is 1. The third-order valence-electron chi connectivity index (χ3n) is 5.76. The van der Waals surface area contributed by atoms with Gasteiger partial charge in [-0.05, 0) is 60.1 Å². The minimum atomic E-state index is -0.519. The fraction of sp³-hybridized carbons (Fsp3) is 0.250. The Morgan fingerprint density at radius 2 is 1.84 bits per heavy atom. The van der Waals surface area contributed by atoms with E-state index in [4.69, 9.17) is 23.2 Å². The average molecular weight is 471 g/mol. The predicted octanol–water partition coefficient (Wildman–Crippen LogP) is 5.91. The Kier molecular flexibility index (Phi) is 5.59. The molecule has 7 heteroatoms. The van der Waals surface area contributed by atoms with Crippen molar-refractivity contribution in [1.29, 1.82) is 0 Å². The van der Waals surface area contributed by atoms with Crippen LogP contribution in [0, 0.1) is 0 Å². The number of anilines is 1. The number of amides is 1. The number of para-hydroxylation sites is 1. The Hall–Kier alpha value is -2.21. The number of hydrogen-bond donors (Lipinski definition) is 1. The van der Waals surface area contributed by atoms with Crippen LogP contribution in [0.3, 0.4) is 0 Å². The molecule has 1 fully saturated rings. The Bertz CT molecular complexity index is 1220. The second kappa shape index (κ2) is 8.38. The number of halogens is 2. The van der Waals surface area contributed by atoms with Crippen molar-refractivity contribution in [1.82, 2.24) is 4.57 Å². The van der Waals surface area contributed by atoms with Gasteiger partial charge in [-0.3, -0.25) is 14.2 Å². The van der Waals surface area contributed by atoms with E-state index in [2.05, 4.69) is 5.32 Å². The van der Waals surface area contributed by atoms with Gasteiger partial charge in [0.1, 0.15) is 6.04 Å². The van der Waals surface area contributed by atoms with Crippen LogP contribution in [0.15, 0.2) is 64.4 Å². The molecule has 1 unspecified atom stereocenters. The zero-order chi connectivity index (χ0) is 21.5. The number of benzene rings is 2. The van der Waals surface area contributed by atoms with E-state index in [1.807, 2.05) is 42.5 Å². The molecule has 158 valence electrons. The van der Waals surface area contributed by atoms with Gasteiger partial charge in [0, 0.05) is 17.5 Å². The summed E-state index contributed by atoms with van der Waals surface area (Å²) >= 11 is 14.2. The number of carbonyl (C=O) groups excluding carboxylic acids is 1. The summed E-state index contributed by atoms with van der Waals surface area (Å²) in [4.78, 5) is 26.1. The standard InChI is InChI=1S/C24H20Cl2N2O2S/c25-18-8-4-5-15(22(18)26)11-16-12-20(29)28-19(13-31-24(28)21(16)14-9-10-14)23(30)27-17-6-2-1-3-7-17/h1-8,12,14,19H,9-11,13H2,(H,27,30). The highest BCUT2D eigenvalue weighted by molar-refractivity contribution is 7.99. The number of thioether (sulfide) groups is 1. The fourth-order valence-corrected chi connectivity index (χ4v) is 5.94. The molecule has 0 radical (unpaired) electrons. The molecule has 3 aromatic rings. The first-order chi connectivity index (χ1) is 15.0. The van der Waals surface area contributed by atoms with E-state index in [1.165, 1.54) is 5.56 Å². The van der Waals surface area contributed by atoms with Crippen molar-refractivity contribution >= 4 is 46.6 Å². The highest BCUT2D eigenvalue weighted by atomic mass is 35.5. The van der Waals surface area contributed by atoms with Crippen molar-refractivity contribution < 1.29 is 4.79 Å². The molecule has 2 aromatic carbocycles. The summed E-state index contributed by atoms with van der Waals surface area (Å²) in [6, 6.07) is 16.1. The van der Waals surface area contributed by atoms with Crippen LogP contribution in [0.1, 0.15) is 41.5 Å². The minimum Gasteiger partial charge on any atom is -0.324 e. The number of pyridine rings is 1. The van der Waals surface area contributed by atoms with Crippen molar-refractivity contribution in [3.05, 3.63) is 91.7 Å². The summed E-state index contributed by atoms with van der Waals surface area (Å²) in [6.07, 6.45) is 2.75. The van der Waals surface area contributed by atoms with Gasteiger partial charge in [-0.2, -0.15) is 0 Å². The first-order valence-corrected chi connectivity index (χ1v) is 12.0. The normalized spacial score (nSPS) is 17.4. The van der Waals surface area contributed by atoms with E-state index in [-0.39, 0.29) is 11.5 Å². The third kappa shape index (κ3) is 4.02. The van der Waals surface area contributed by atoms with Crippen LogP contribution in [0.5, 0.6) is 0 Å². The zero-order valence-corrected chi connectivity index (χ0v) is 18.9. The summed E-state index contributed by atoms with van der Waals surface area (Å²) in [5, 5.41) is 4.91. The van der Waals surface area contributed by atoms with Crippen LogP contribution >= 0.6 is 35.0 Å². The number of hydrogen-bond acceptors (Lipinski definition) is 3. The minimum absolute atomic E-state index is 0.147. The SMILES string of the molecule is O=C(Nc1ccccc1)C1CSc2c(C3CC3)c(Cc3cccc(Cl)c3Cl)cc(=O)n21. The first kappa shape index (κ1) is 20.7. The zero-order valence-electron chi connectivity index (χ0n) is 16.6. The third-order valence-corrected chi connectivity index (χ3v) is 7.79. The van der Waals surface area contributed by atoms with E-state index in [0.717, 1.165) is 34.7 Å². The van der Waals surface area contributed by atoms with Crippen LogP contribution in [0.25, 0.3) is 0 Å². The number of carbonyl (C=O) groups is 1. The molecule has 0 saturated heterocycles. The lowest BCUT2D eigenvalue weighted by Crippen LogP contribution is -2.33. The fourth-order valence-electron chi connectivity index (χ4n) is 4.12. The van der Waals surface area contributed by atoms with Gasteiger partial charge in [0.15, 0.2) is 0 Å². The first-order valence-electron chi connectivity index (χ1n) is 10.2. The molecule has 4 nitrogen and oxygen atoms in total. The summed E-state index contributed by atoms with van der Waals surface area (Å²) in [7, 11) is 0. The maximum atomic E-state index is 13.1. The van der Waals surface area contributed by atoms with Gasteiger partial charge in [0.25, 0.3) is 5.56 Å². The summed E-state index contributed by atoms with van der Waals surface area (Å²) < 4.78 is 1.68. The van der Waals surface area contributed by atoms with Gasteiger partial charge in [-0.15, -0.1) is 11.8 Å². The number of fused-ring (bicyclic) bond motifs is 1. The summed E-state index contributed by atoms with van der Waals surface area (Å²) in [5.41, 5.74) is 3.66. The van der Waals surface area contributed by atoms with Crippen molar-refractivity contribution in [2.45, 2.75) is 36.2 Å². The molecule has 2 aliphatic rings. The Labute approximate surface area is 194 Å². The monoisotopic (exact) mass is 470 g/mol. The maximum Gasteiger partial charge on any atom is 0.252 e. The van der Waals surface area contributed by atoms with Gasteiger partial charge in [-0.1, -0.05) is 53.5 Å². The molecule has 5 rings (SSSR count). The molecule has 1 aromatic heterocycles. The Balaban J connectivity index is 1.52. The van der Waals surface area contributed by atoms with E-state index in [1.54, 1.807) is 28.5 Å². The highest BCUT2D eigenvalue weighted by Crippen LogP contribution is 2.49. The quantitative estimate of drug-likeness (QED) is 0.504. The van der Waals surface area contributed by atoms with Gasteiger partial charge in [0.05, 0.1) is 15.1 Å². The molecule has 1 atom stereocenters. The average Bonchev–Trinajstić information content (AvgIpc) is 3.49. The van der Waals surface area contributed by atoms with Crippen LogP contribution < -0.4 is 10.9 Å². The molecule has 0 spiro atoms. The molecule has 1 aliphatic heterocycles. The topological polar surface area (TPSA) is 51.1 Å². The van der Waals surface area contributed by atoms with E-state index >= 15 is 0 Å². The van der Waals surface area contributed by atoms with E-state index < -0.39 is 6.04 Å². The lowest BCUT2D eigenvalue weighted by atomic mass is 9.98. The van der Waals surface area contributed by atoms with Gasteiger partial charge in [0.2, 0.25) is 5.91 Å². The Morgan fingerprint density at radius 3 is 2.58 bits per heavy atom. The van der Waals surface area contributed by atoms with E-state index in [0.29, 0.717) is 28.1 Å². The molecule has 1 aliphatic carbocycles. The van der Waals surface area contributed by atoms with Crippen molar-refractivity contribution in [2.24, 2.45) is 0 Å². The maximum absolute atomic E-state index is 13.1. The molecule has 31 heavy (non-hydrogen) atoms. The molecule has 0 bridgehead atoms. The lowest BCUT2D eigenvalue weighted by Gasteiger charge is -2.18. The molecule has 2 heterocycles. The second-order valence-electron chi connectivity index (χ2n) is 7.94. The van der Waals surface area contributed by atoms with Crippen LogP contribution in [-0.4, -0.2) is 16.2 Å². The molecule has 1 N–H and O–H groups in total. The van der Waals surface area contributed by atoms with Crippen LogP contribution in [-0.2, 0) is 11.2 Å². The summed E-state index contributed by atoms with van der Waals surface area (Å²) in [5.74, 6) is 0.819. The van der Waals surface area contributed by atoms with Crippen LogP contribution in [0.4, 0.5) is 5.69 Å². The highest BCUT2D eigenvalue weighted by Gasteiger charge is 2.37. The van der Waals surface area contributed by atoms with Crippen LogP contribution in [0.2, 0.25) is 10.0 Å². The molecular weight excluding hydrogens is 451 g/mol. The van der Waals surface area contributed by atoms with Crippen molar-refractivity contribution in [3.63, 3.8) is 0 Å². The number of rotatable bonds is 5. The van der Waals surface area contributed by atoms with Gasteiger partial charge < -0.3 is 5.32 Å². The van der Waals surface area contributed by atoms with Crippen molar-refractivity contribution in [3.8, 4) is 0 Å². The molecular formula is C24H20Cl2N2O2S. The number of nitrogens with one attached hydrogen (secondary N) is 1.